The van der Waals surface area contributed by atoms with Crippen molar-refractivity contribution in [2.75, 3.05) is 16.4 Å². The number of hydrogen-bond acceptors (Lipinski definition) is 5. The van der Waals surface area contributed by atoms with Crippen LogP contribution in [0.5, 0.6) is 0 Å². The number of carbonyl (C=O) groups is 2. The van der Waals surface area contributed by atoms with E-state index in [1.165, 1.54) is 11.8 Å². The summed E-state index contributed by atoms with van der Waals surface area (Å²) in [5.41, 5.74) is 4.55. The third-order valence-corrected chi connectivity index (χ3v) is 6.47. The zero-order chi connectivity index (χ0) is 23.3. The SMILES string of the molecule is CCn1c(CC(=O)Nc2ccc(C)c(Cl)c2)nnc1SCC(=O)Nc1cccc(C)c1C. The summed E-state index contributed by atoms with van der Waals surface area (Å²) in [6.07, 6.45) is 0.0710. The van der Waals surface area contributed by atoms with Crippen LogP contribution in [-0.2, 0) is 22.6 Å². The summed E-state index contributed by atoms with van der Waals surface area (Å²) < 4.78 is 1.84. The summed E-state index contributed by atoms with van der Waals surface area (Å²) in [6, 6.07) is 11.2. The molecule has 32 heavy (non-hydrogen) atoms. The number of nitrogens with one attached hydrogen (secondary N) is 2. The van der Waals surface area contributed by atoms with Crippen molar-refractivity contribution >= 4 is 46.6 Å². The fraction of sp³-hybridized carbons (Fsp3) is 0.304. The minimum absolute atomic E-state index is 0.0710. The van der Waals surface area contributed by atoms with Gasteiger partial charge in [0.2, 0.25) is 11.8 Å². The first-order valence-electron chi connectivity index (χ1n) is 10.3. The molecule has 0 aliphatic rings. The number of halogens is 1. The van der Waals surface area contributed by atoms with Crippen molar-refractivity contribution < 1.29 is 9.59 Å². The Balaban J connectivity index is 1.60. The van der Waals surface area contributed by atoms with E-state index in [0.717, 1.165) is 22.4 Å². The quantitative estimate of drug-likeness (QED) is 0.461. The highest BCUT2D eigenvalue weighted by molar-refractivity contribution is 7.99. The van der Waals surface area contributed by atoms with E-state index in [4.69, 9.17) is 11.6 Å². The topological polar surface area (TPSA) is 88.9 Å². The fourth-order valence-electron chi connectivity index (χ4n) is 3.10. The first-order chi connectivity index (χ1) is 15.3. The van der Waals surface area contributed by atoms with Crippen LogP contribution in [0.15, 0.2) is 41.6 Å². The van der Waals surface area contributed by atoms with Gasteiger partial charge in [0, 0.05) is 22.9 Å². The number of benzene rings is 2. The molecule has 168 valence electrons. The van der Waals surface area contributed by atoms with Crippen LogP contribution in [-0.4, -0.2) is 32.3 Å². The minimum Gasteiger partial charge on any atom is -0.326 e. The van der Waals surface area contributed by atoms with Gasteiger partial charge < -0.3 is 15.2 Å². The van der Waals surface area contributed by atoms with Crippen molar-refractivity contribution in [3.63, 3.8) is 0 Å². The molecule has 0 saturated heterocycles. The van der Waals surface area contributed by atoms with Gasteiger partial charge in [0.05, 0.1) is 12.2 Å². The van der Waals surface area contributed by atoms with E-state index in [1.54, 1.807) is 12.1 Å². The van der Waals surface area contributed by atoms with Crippen molar-refractivity contribution in [1.82, 2.24) is 14.8 Å². The molecule has 7 nitrogen and oxygen atoms in total. The first kappa shape index (κ1) is 23.8. The van der Waals surface area contributed by atoms with Crippen LogP contribution in [0.1, 0.15) is 29.4 Å². The first-order valence-corrected chi connectivity index (χ1v) is 11.6. The lowest BCUT2D eigenvalue weighted by Gasteiger charge is -2.11. The van der Waals surface area contributed by atoms with Crippen LogP contribution in [0, 0.1) is 20.8 Å². The molecule has 3 rings (SSSR count). The lowest BCUT2D eigenvalue weighted by atomic mass is 10.1. The number of amides is 2. The number of thioether (sulfide) groups is 1. The molecule has 0 fully saturated rings. The third-order valence-electron chi connectivity index (χ3n) is 5.10. The highest BCUT2D eigenvalue weighted by atomic mass is 35.5. The number of nitrogens with zero attached hydrogens (tertiary/aromatic N) is 3. The summed E-state index contributed by atoms with van der Waals surface area (Å²) in [5, 5.41) is 15.3. The zero-order valence-corrected chi connectivity index (χ0v) is 20.1. The lowest BCUT2D eigenvalue weighted by Crippen LogP contribution is -2.18. The molecule has 0 saturated carbocycles. The fourth-order valence-corrected chi connectivity index (χ4v) is 4.10. The Bertz CT molecular complexity index is 1150. The van der Waals surface area contributed by atoms with Gasteiger partial charge in [0.15, 0.2) is 5.16 Å². The third kappa shape index (κ3) is 5.89. The summed E-state index contributed by atoms with van der Waals surface area (Å²) in [4.78, 5) is 24.9. The van der Waals surface area contributed by atoms with Crippen LogP contribution in [0.4, 0.5) is 11.4 Å². The number of rotatable bonds is 8. The largest absolute Gasteiger partial charge is 0.326 e. The second kappa shape index (κ2) is 10.7. The average molecular weight is 472 g/mol. The maximum absolute atomic E-state index is 12.5. The molecule has 0 aliphatic carbocycles. The van der Waals surface area contributed by atoms with Crippen molar-refractivity contribution in [3.8, 4) is 0 Å². The molecule has 2 N–H and O–H groups in total. The number of carbonyl (C=O) groups excluding carboxylic acids is 2. The van der Waals surface area contributed by atoms with E-state index in [-0.39, 0.29) is 24.0 Å². The molecular weight excluding hydrogens is 446 g/mol. The van der Waals surface area contributed by atoms with Crippen LogP contribution < -0.4 is 10.6 Å². The minimum atomic E-state index is -0.212. The normalized spacial score (nSPS) is 10.8. The van der Waals surface area contributed by atoms with Gasteiger partial charge in [-0.3, -0.25) is 9.59 Å². The zero-order valence-electron chi connectivity index (χ0n) is 18.5. The molecule has 9 heteroatoms. The van der Waals surface area contributed by atoms with Crippen molar-refractivity contribution in [1.29, 1.82) is 0 Å². The number of aryl methyl sites for hydroxylation is 2. The number of anilines is 2. The van der Waals surface area contributed by atoms with Gasteiger partial charge in [-0.05, 0) is 62.6 Å². The molecule has 2 amide bonds. The second-order valence-corrected chi connectivity index (χ2v) is 8.77. The van der Waals surface area contributed by atoms with Gasteiger partial charge in [-0.2, -0.15) is 0 Å². The highest BCUT2D eigenvalue weighted by Crippen LogP contribution is 2.22. The van der Waals surface area contributed by atoms with Crippen molar-refractivity contribution in [2.45, 2.75) is 45.8 Å². The molecule has 0 spiro atoms. The Labute approximate surface area is 197 Å². The predicted octanol–water partition coefficient (Wildman–Crippen LogP) is 4.79. The van der Waals surface area contributed by atoms with Gasteiger partial charge >= 0.3 is 0 Å². The van der Waals surface area contributed by atoms with Crippen LogP contribution >= 0.6 is 23.4 Å². The van der Waals surface area contributed by atoms with Gasteiger partial charge in [-0.1, -0.05) is 41.6 Å². The summed E-state index contributed by atoms with van der Waals surface area (Å²) in [6.45, 7) is 8.43. The van der Waals surface area contributed by atoms with E-state index in [9.17, 15) is 9.59 Å². The van der Waals surface area contributed by atoms with E-state index in [0.29, 0.717) is 28.2 Å². The Hall–Kier alpha value is -2.84. The highest BCUT2D eigenvalue weighted by Gasteiger charge is 2.16. The van der Waals surface area contributed by atoms with Gasteiger partial charge in [0.1, 0.15) is 5.82 Å². The number of hydrogen-bond donors (Lipinski definition) is 2. The molecule has 0 bridgehead atoms. The maximum Gasteiger partial charge on any atom is 0.234 e. The molecule has 0 unspecified atom stereocenters. The molecule has 3 aromatic rings. The Kier molecular flexibility index (Phi) is 7.93. The summed E-state index contributed by atoms with van der Waals surface area (Å²) in [5.74, 6) is 0.404. The number of aromatic nitrogens is 3. The molecule has 0 radical (unpaired) electrons. The second-order valence-electron chi connectivity index (χ2n) is 7.42. The Morgan fingerprint density at radius 2 is 1.81 bits per heavy atom. The smallest absolute Gasteiger partial charge is 0.234 e. The van der Waals surface area contributed by atoms with E-state index in [1.807, 2.05) is 56.5 Å². The average Bonchev–Trinajstić information content (AvgIpc) is 3.13. The Morgan fingerprint density at radius 1 is 1.03 bits per heavy atom. The Morgan fingerprint density at radius 3 is 2.53 bits per heavy atom. The van der Waals surface area contributed by atoms with E-state index < -0.39 is 0 Å². The van der Waals surface area contributed by atoms with Crippen molar-refractivity contribution in [2.24, 2.45) is 0 Å². The van der Waals surface area contributed by atoms with Gasteiger partial charge in [-0.25, -0.2) is 0 Å². The van der Waals surface area contributed by atoms with Crippen LogP contribution in [0.25, 0.3) is 0 Å². The van der Waals surface area contributed by atoms with Gasteiger partial charge in [0.25, 0.3) is 0 Å². The van der Waals surface area contributed by atoms with Crippen LogP contribution in [0.2, 0.25) is 5.02 Å². The maximum atomic E-state index is 12.5. The molecular formula is C23H26ClN5O2S. The summed E-state index contributed by atoms with van der Waals surface area (Å²) in [7, 11) is 0. The summed E-state index contributed by atoms with van der Waals surface area (Å²) >= 11 is 7.42. The van der Waals surface area contributed by atoms with E-state index in [2.05, 4.69) is 20.8 Å². The molecule has 0 aliphatic heterocycles. The lowest BCUT2D eigenvalue weighted by molar-refractivity contribution is -0.116. The van der Waals surface area contributed by atoms with Crippen LogP contribution in [0.3, 0.4) is 0 Å². The molecule has 1 heterocycles. The monoisotopic (exact) mass is 471 g/mol. The van der Waals surface area contributed by atoms with Crippen molar-refractivity contribution in [3.05, 3.63) is 63.9 Å². The van der Waals surface area contributed by atoms with E-state index >= 15 is 0 Å². The molecule has 0 atom stereocenters. The molecule has 2 aromatic carbocycles. The van der Waals surface area contributed by atoms with Gasteiger partial charge in [-0.15, -0.1) is 10.2 Å². The predicted molar refractivity (Wildman–Crippen MR) is 129 cm³/mol. The molecule has 1 aromatic heterocycles. The standard InChI is InChI=1S/C23H26ClN5O2S/c1-5-29-20(12-21(30)25-17-10-9-15(3)18(24)11-17)27-28-23(29)32-13-22(31)26-19-8-6-7-14(2)16(19)4/h6-11H,5,12-13H2,1-4H3,(H,25,30)(H,26,31).